The highest BCUT2D eigenvalue weighted by molar-refractivity contribution is 5.78. The monoisotopic (exact) mass is 359 g/mol. The maximum atomic E-state index is 12.7. The fourth-order valence-corrected chi connectivity index (χ4v) is 4.18. The number of hydrogen-bond acceptors (Lipinski definition) is 4. The molecule has 1 amide bonds. The maximum Gasteiger partial charge on any atom is 0.236 e. The van der Waals surface area contributed by atoms with Gasteiger partial charge in [-0.15, -0.1) is 0 Å². The Morgan fingerprint density at radius 2 is 2.00 bits per heavy atom. The first kappa shape index (κ1) is 19.2. The summed E-state index contributed by atoms with van der Waals surface area (Å²) in [6.45, 7) is 5.81. The second kappa shape index (κ2) is 9.38. The fraction of sp³-hybridized carbons (Fsp3) is 0.667. The fourth-order valence-electron chi connectivity index (χ4n) is 4.18. The predicted molar refractivity (Wildman–Crippen MR) is 104 cm³/mol. The highest BCUT2D eigenvalue weighted by Crippen LogP contribution is 2.20. The van der Waals surface area contributed by atoms with Crippen LogP contribution in [-0.2, 0) is 11.3 Å². The number of hydrogen-bond donors (Lipinski definition) is 0. The van der Waals surface area contributed by atoms with Crippen molar-refractivity contribution in [2.75, 3.05) is 46.9 Å². The van der Waals surface area contributed by atoms with E-state index in [4.69, 9.17) is 4.74 Å². The number of methoxy groups -OCH3 is 1. The summed E-state index contributed by atoms with van der Waals surface area (Å²) in [5.74, 6) is 1.04. The number of nitrogens with zero attached hydrogens (tertiary/aromatic N) is 3. The molecule has 0 N–H and O–H groups in total. The van der Waals surface area contributed by atoms with Crippen molar-refractivity contribution in [2.45, 2.75) is 44.7 Å². The van der Waals surface area contributed by atoms with Crippen molar-refractivity contribution in [3.05, 3.63) is 29.8 Å². The standard InChI is InChI=1S/C21H33N3O2/c1-22(15-18-8-6-10-20(14-18)26-2)21(25)17-24-13-7-9-19(24)16-23-11-4-3-5-12-23/h6,8,10,14,19H,3-5,7,9,11-13,15-17H2,1-2H3. The van der Waals surface area contributed by atoms with Crippen LogP contribution >= 0.6 is 0 Å². The average molecular weight is 360 g/mol. The molecule has 0 aromatic heterocycles. The molecule has 144 valence electrons. The van der Waals surface area contributed by atoms with Gasteiger partial charge in [-0.05, 0) is 63.0 Å². The first-order chi connectivity index (χ1) is 12.7. The number of carbonyl (C=O) groups excluding carboxylic acids is 1. The molecule has 0 saturated carbocycles. The van der Waals surface area contributed by atoms with Gasteiger partial charge < -0.3 is 14.5 Å². The van der Waals surface area contributed by atoms with E-state index in [1.807, 2.05) is 36.2 Å². The van der Waals surface area contributed by atoms with Crippen molar-refractivity contribution in [3.8, 4) is 5.75 Å². The van der Waals surface area contributed by atoms with E-state index in [0.29, 0.717) is 19.1 Å². The van der Waals surface area contributed by atoms with Gasteiger partial charge in [0.05, 0.1) is 13.7 Å². The average Bonchev–Trinajstić information content (AvgIpc) is 3.09. The van der Waals surface area contributed by atoms with E-state index in [2.05, 4.69) is 9.80 Å². The third-order valence-electron chi connectivity index (χ3n) is 5.73. The smallest absolute Gasteiger partial charge is 0.236 e. The first-order valence-corrected chi connectivity index (χ1v) is 9.99. The SMILES string of the molecule is COc1cccc(CN(C)C(=O)CN2CCCC2CN2CCCCC2)c1. The van der Waals surface area contributed by atoms with Gasteiger partial charge in [-0.3, -0.25) is 9.69 Å². The van der Waals surface area contributed by atoms with E-state index in [9.17, 15) is 4.79 Å². The first-order valence-electron chi connectivity index (χ1n) is 9.99. The quantitative estimate of drug-likeness (QED) is 0.750. The van der Waals surface area contributed by atoms with Gasteiger partial charge in [0.1, 0.15) is 5.75 Å². The zero-order valence-electron chi connectivity index (χ0n) is 16.3. The number of rotatable bonds is 7. The second-order valence-corrected chi connectivity index (χ2v) is 7.73. The highest BCUT2D eigenvalue weighted by atomic mass is 16.5. The lowest BCUT2D eigenvalue weighted by molar-refractivity contribution is -0.132. The molecule has 3 rings (SSSR count). The summed E-state index contributed by atoms with van der Waals surface area (Å²) >= 11 is 0. The molecule has 0 radical (unpaired) electrons. The van der Waals surface area contributed by atoms with Gasteiger partial charge in [0.2, 0.25) is 5.91 Å². The minimum Gasteiger partial charge on any atom is -0.497 e. The molecule has 1 atom stereocenters. The molecule has 0 aliphatic carbocycles. The van der Waals surface area contributed by atoms with Crippen LogP contribution in [0, 0.1) is 0 Å². The van der Waals surface area contributed by atoms with E-state index < -0.39 is 0 Å². The van der Waals surface area contributed by atoms with Crippen LogP contribution in [0.2, 0.25) is 0 Å². The summed E-state index contributed by atoms with van der Waals surface area (Å²) in [5.41, 5.74) is 1.10. The van der Waals surface area contributed by atoms with Crippen LogP contribution in [-0.4, -0.2) is 73.5 Å². The van der Waals surface area contributed by atoms with E-state index in [0.717, 1.165) is 24.4 Å². The zero-order valence-corrected chi connectivity index (χ0v) is 16.3. The molecule has 2 aliphatic heterocycles. The summed E-state index contributed by atoms with van der Waals surface area (Å²) in [5, 5.41) is 0. The molecule has 1 aromatic carbocycles. The van der Waals surface area contributed by atoms with Crippen LogP contribution < -0.4 is 4.74 Å². The highest BCUT2D eigenvalue weighted by Gasteiger charge is 2.29. The maximum absolute atomic E-state index is 12.7. The van der Waals surface area contributed by atoms with Gasteiger partial charge in [-0.2, -0.15) is 0 Å². The Kier molecular flexibility index (Phi) is 6.92. The minimum atomic E-state index is 0.207. The van der Waals surface area contributed by atoms with Crippen molar-refractivity contribution in [1.82, 2.24) is 14.7 Å². The van der Waals surface area contributed by atoms with Crippen LogP contribution in [0.4, 0.5) is 0 Å². The van der Waals surface area contributed by atoms with E-state index >= 15 is 0 Å². The van der Waals surface area contributed by atoms with E-state index in [-0.39, 0.29) is 5.91 Å². The lowest BCUT2D eigenvalue weighted by Gasteiger charge is -2.33. The number of ether oxygens (including phenoxy) is 1. The molecule has 2 fully saturated rings. The van der Waals surface area contributed by atoms with Gasteiger partial charge in [-0.1, -0.05) is 18.6 Å². The third-order valence-corrected chi connectivity index (χ3v) is 5.73. The molecule has 5 heteroatoms. The Morgan fingerprint density at radius 3 is 2.77 bits per heavy atom. The molecule has 1 unspecified atom stereocenters. The van der Waals surface area contributed by atoms with Crippen LogP contribution in [0.15, 0.2) is 24.3 Å². The van der Waals surface area contributed by atoms with Gasteiger partial charge in [0.25, 0.3) is 0 Å². The van der Waals surface area contributed by atoms with Crippen molar-refractivity contribution in [2.24, 2.45) is 0 Å². The Labute approximate surface area is 157 Å². The Morgan fingerprint density at radius 1 is 1.19 bits per heavy atom. The molecule has 2 saturated heterocycles. The summed E-state index contributed by atoms with van der Waals surface area (Å²) < 4.78 is 5.27. The lowest BCUT2D eigenvalue weighted by atomic mass is 10.1. The largest absolute Gasteiger partial charge is 0.497 e. The lowest BCUT2D eigenvalue weighted by Crippen LogP contribution is -2.46. The summed E-state index contributed by atoms with van der Waals surface area (Å²) in [6.07, 6.45) is 6.47. The van der Waals surface area contributed by atoms with Gasteiger partial charge in [0.15, 0.2) is 0 Å². The van der Waals surface area contributed by atoms with Crippen LogP contribution in [0.25, 0.3) is 0 Å². The second-order valence-electron chi connectivity index (χ2n) is 7.73. The predicted octanol–water partition coefficient (Wildman–Crippen LogP) is 2.60. The molecular formula is C21H33N3O2. The van der Waals surface area contributed by atoms with Crippen LogP contribution in [0.1, 0.15) is 37.7 Å². The van der Waals surface area contributed by atoms with Gasteiger partial charge in [-0.25, -0.2) is 0 Å². The van der Waals surface area contributed by atoms with Crippen LogP contribution in [0.5, 0.6) is 5.75 Å². The van der Waals surface area contributed by atoms with E-state index in [1.54, 1.807) is 7.11 Å². The third kappa shape index (κ3) is 5.21. The Hall–Kier alpha value is -1.59. The number of likely N-dealkylation sites (N-methyl/N-ethyl adjacent to an activating group) is 1. The molecule has 2 aliphatic rings. The number of benzene rings is 1. The number of amides is 1. The Bertz CT molecular complexity index is 586. The molecule has 0 spiro atoms. The van der Waals surface area contributed by atoms with Crippen molar-refractivity contribution in [3.63, 3.8) is 0 Å². The van der Waals surface area contributed by atoms with Crippen LogP contribution in [0.3, 0.4) is 0 Å². The summed E-state index contributed by atoms with van der Waals surface area (Å²) in [6, 6.07) is 8.49. The zero-order chi connectivity index (χ0) is 18.4. The Balaban J connectivity index is 1.50. The topological polar surface area (TPSA) is 36.0 Å². The number of likely N-dealkylation sites (tertiary alicyclic amines) is 2. The van der Waals surface area contributed by atoms with Gasteiger partial charge >= 0.3 is 0 Å². The normalized spacial score (nSPS) is 21.7. The van der Waals surface area contributed by atoms with Gasteiger partial charge in [0, 0.05) is 26.2 Å². The summed E-state index contributed by atoms with van der Waals surface area (Å²) in [4.78, 5) is 19.6. The molecule has 5 nitrogen and oxygen atoms in total. The number of carbonyl (C=O) groups is 1. The molecule has 26 heavy (non-hydrogen) atoms. The molecule has 2 heterocycles. The molecule has 1 aromatic rings. The minimum absolute atomic E-state index is 0.207. The van der Waals surface area contributed by atoms with Crippen molar-refractivity contribution >= 4 is 5.91 Å². The van der Waals surface area contributed by atoms with Crippen molar-refractivity contribution < 1.29 is 9.53 Å². The number of piperidine rings is 1. The molecule has 0 bridgehead atoms. The van der Waals surface area contributed by atoms with Crippen molar-refractivity contribution in [1.29, 1.82) is 0 Å². The van der Waals surface area contributed by atoms with E-state index in [1.165, 1.54) is 45.2 Å². The summed E-state index contributed by atoms with van der Waals surface area (Å²) in [7, 11) is 3.57. The molecular weight excluding hydrogens is 326 g/mol.